The molecule has 0 bridgehead atoms. The third-order valence-electron chi connectivity index (χ3n) is 3.37. The van der Waals surface area contributed by atoms with E-state index in [0.29, 0.717) is 19.5 Å². The first-order valence-corrected chi connectivity index (χ1v) is 7.33. The smallest absolute Gasteiger partial charge is 0.220 e. The topological polar surface area (TPSA) is 77.1 Å². The molecular formula is C15H18N6O. The van der Waals surface area contributed by atoms with Gasteiger partial charge in [-0.2, -0.15) is 5.10 Å². The quantitative estimate of drug-likeness (QED) is 0.707. The van der Waals surface area contributed by atoms with Gasteiger partial charge in [-0.15, -0.1) is 0 Å². The van der Waals surface area contributed by atoms with Crippen LogP contribution in [0.25, 0.3) is 5.65 Å². The summed E-state index contributed by atoms with van der Waals surface area (Å²) in [5.41, 5.74) is 1.91. The molecule has 0 radical (unpaired) electrons. The number of rotatable bonds is 7. The Morgan fingerprint density at radius 3 is 3.09 bits per heavy atom. The molecule has 0 unspecified atom stereocenters. The van der Waals surface area contributed by atoms with E-state index in [4.69, 9.17) is 0 Å². The number of hydrogen-bond donors (Lipinski definition) is 1. The zero-order valence-corrected chi connectivity index (χ0v) is 12.2. The van der Waals surface area contributed by atoms with Gasteiger partial charge in [-0.1, -0.05) is 6.07 Å². The largest absolute Gasteiger partial charge is 0.356 e. The van der Waals surface area contributed by atoms with Crippen molar-refractivity contribution in [2.45, 2.75) is 25.8 Å². The molecule has 0 aliphatic heterocycles. The average molecular weight is 298 g/mol. The van der Waals surface area contributed by atoms with Crippen LogP contribution in [0.5, 0.6) is 0 Å². The number of carbonyl (C=O) groups excluding carboxylic acids is 1. The number of imidazole rings is 1. The fourth-order valence-electron chi connectivity index (χ4n) is 2.28. The number of nitrogens with one attached hydrogen (secondary N) is 1. The summed E-state index contributed by atoms with van der Waals surface area (Å²) < 4.78 is 3.71. The van der Waals surface area contributed by atoms with Gasteiger partial charge in [-0.3, -0.25) is 9.48 Å². The van der Waals surface area contributed by atoms with E-state index >= 15 is 0 Å². The molecule has 7 heteroatoms. The zero-order valence-electron chi connectivity index (χ0n) is 12.2. The van der Waals surface area contributed by atoms with Gasteiger partial charge in [0.2, 0.25) is 5.91 Å². The van der Waals surface area contributed by atoms with Crippen molar-refractivity contribution in [2.75, 3.05) is 6.54 Å². The van der Waals surface area contributed by atoms with Gasteiger partial charge in [0.15, 0.2) is 0 Å². The maximum Gasteiger partial charge on any atom is 0.220 e. The van der Waals surface area contributed by atoms with Gasteiger partial charge in [-0.25, -0.2) is 9.97 Å². The minimum Gasteiger partial charge on any atom is -0.356 e. The minimum atomic E-state index is 0.0591. The summed E-state index contributed by atoms with van der Waals surface area (Å²) in [5.74, 6) is 0.0591. The lowest BCUT2D eigenvalue weighted by Crippen LogP contribution is -2.25. The van der Waals surface area contributed by atoms with E-state index < -0.39 is 0 Å². The number of aromatic nitrogens is 5. The van der Waals surface area contributed by atoms with Crippen LogP contribution in [0, 0.1) is 0 Å². The Kier molecular flexibility index (Phi) is 4.43. The predicted molar refractivity (Wildman–Crippen MR) is 81.2 cm³/mol. The van der Waals surface area contributed by atoms with Crippen LogP contribution in [0.15, 0.2) is 43.2 Å². The highest BCUT2D eigenvalue weighted by Crippen LogP contribution is 2.04. The SMILES string of the molecule is O=C(CCCn1cncn1)NCCc1cn2ccccc2n1. The first-order valence-electron chi connectivity index (χ1n) is 7.33. The van der Waals surface area contributed by atoms with Crippen molar-refractivity contribution in [3.8, 4) is 0 Å². The number of pyridine rings is 1. The van der Waals surface area contributed by atoms with E-state index in [1.54, 1.807) is 11.0 Å². The first-order chi connectivity index (χ1) is 10.8. The van der Waals surface area contributed by atoms with Crippen molar-refractivity contribution in [3.63, 3.8) is 0 Å². The summed E-state index contributed by atoms with van der Waals surface area (Å²) in [6.07, 6.45) is 9.09. The number of nitrogens with zero attached hydrogens (tertiary/aromatic N) is 5. The molecule has 1 N–H and O–H groups in total. The van der Waals surface area contributed by atoms with E-state index in [1.807, 2.05) is 35.0 Å². The third-order valence-corrected chi connectivity index (χ3v) is 3.37. The van der Waals surface area contributed by atoms with Crippen LogP contribution in [0.2, 0.25) is 0 Å². The van der Waals surface area contributed by atoms with Crippen LogP contribution in [-0.2, 0) is 17.8 Å². The first kappa shape index (κ1) is 14.2. The van der Waals surface area contributed by atoms with Crippen LogP contribution in [-0.4, -0.2) is 36.6 Å². The molecule has 3 aromatic rings. The second-order valence-corrected chi connectivity index (χ2v) is 5.06. The van der Waals surface area contributed by atoms with E-state index in [1.165, 1.54) is 6.33 Å². The Bertz CT molecular complexity index is 700. The lowest BCUT2D eigenvalue weighted by molar-refractivity contribution is -0.121. The lowest BCUT2D eigenvalue weighted by atomic mass is 10.3. The third kappa shape index (κ3) is 3.69. The molecule has 7 nitrogen and oxygen atoms in total. The minimum absolute atomic E-state index is 0.0591. The predicted octanol–water partition coefficient (Wildman–Crippen LogP) is 1.06. The molecule has 0 atom stereocenters. The van der Waals surface area contributed by atoms with E-state index in [0.717, 1.165) is 24.2 Å². The molecular weight excluding hydrogens is 280 g/mol. The van der Waals surface area contributed by atoms with E-state index in [9.17, 15) is 4.79 Å². The molecule has 3 rings (SSSR count). The van der Waals surface area contributed by atoms with Crippen molar-refractivity contribution in [1.82, 2.24) is 29.5 Å². The Hall–Kier alpha value is -2.70. The monoisotopic (exact) mass is 298 g/mol. The second kappa shape index (κ2) is 6.84. The van der Waals surface area contributed by atoms with E-state index in [-0.39, 0.29) is 5.91 Å². The number of carbonyl (C=O) groups is 1. The summed E-state index contributed by atoms with van der Waals surface area (Å²) in [5, 5.41) is 6.92. The molecule has 3 aromatic heterocycles. The van der Waals surface area contributed by atoms with Gasteiger partial charge in [-0.05, 0) is 18.6 Å². The van der Waals surface area contributed by atoms with Crippen LogP contribution in [0.3, 0.4) is 0 Å². The van der Waals surface area contributed by atoms with Gasteiger partial charge in [0.1, 0.15) is 18.3 Å². The summed E-state index contributed by atoms with van der Waals surface area (Å²) in [6.45, 7) is 1.31. The maximum atomic E-state index is 11.8. The Balaban J connectivity index is 1.38. The van der Waals surface area contributed by atoms with Crippen LogP contribution in [0.1, 0.15) is 18.5 Å². The van der Waals surface area contributed by atoms with Crippen LogP contribution >= 0.6 is 0 Å². The molecule has 22 heavy (non-hydrogen) atoms. The van der Waals surface area contributed by atoms with Gasteiger partial charge < -0.3 is 9.72 Å². The highest BCUT2D eigenvalue weighted by Gasteiger charge is 2.04. The van der Waals surface area contributed by atoms with Gasteiger partial charge in [0.05, 0.1) is 5.69 Å². The average Bonchev–Trinajstić information content (AvgIpc) is 3.15. The normalized spacial score (nSPS) is 10.9. The summed E-state index contributed by atoms with van der Waals surface area (Å²) in [7, 11) is 0. The molecule has 0 saturated carbocycles. The van der Waals surface area contributed by atoms with Gasteiger partial charge >= 0.3 is 0 Å². The molecule has 1 amide bonds. The molecule has 0 spiro atoms. The Labute approximate surface area is 128 Å². The molecule has 0 aliphatic rings. The van der Waals surface area contributed by atoms with Gasteiger partial charge in [0.25, 0.3) is 0 Å². The molecule has 0 saturated heterocycles. The number of amides is 1. The van der Waals surface area contributed by atoms with E-state index in [2.05, 4.69) is 20.4 Å². The van der Waals surface area contributed by atoms with Gasteiger partial charge in [0, 0.05) is 38.3 Å². The fourth-order valence-corrected chi connectivity index (χ4v) is 2.28. The number of fused-ring (bicyclic) bond motifs is 1. The maximum absolute atomic E-state index is 11.8. The molecule has 114 valence electrons. The molecule has 0 aliphatic carbocycles. The van der Waals surface area contributed by atoms with Crippen molar-refractivity contribution in [2.24, 2.45) is 0 Å². The van der Waals surface area contributed by atoms with Crippen LogP contribution < -0.4 is 5.32 Å². The van der Waals surface area contributed by atoms with Crippen LogP contribution in [0.4, 0.5) is 0 Å². The lowest BCUT2D eigenvalue weighted by Gasteiger charge is -2.04. The zero-order chi connectivity index (χ0) is 15.2. The second-order valence-electron chi connectivity index (χ2n) is 5.06. The van der Waals surface area contributed by atoms with Crippen molar-refractivity contribution in [3.05, 3.63) is 48.9 Å². The highest BCUT2D eigenvalue weighted by atomic mass is 16.1. The Morgan fingerprint density at radius 2 is 2.27 bits per heavy atom. The summed E-state index contributed by atoms with van der Waals surface area (Å²) in [4.78, 5) is 20.1. The Morgan fingerprint density at radius 1 is 1.32 bits per heavy atom. The van der Waals surface area contributed by atoms with Crippen molar-refractivity contribution >= 4 is 11.6 Å². The molecule has 0 aromatic carbocycles. The molecule has 3 heterocycles. The molecule has 0 fully saturated rings. The fraction of sp³-hybridized carbons (Fsp3) is 0.333. The summed E-state index contributed by atoms with van der Waals surface area (Å²) in [6, 6.07) is 5.89. The van der Waals surface area contributed by atoms with Crippen molar-refractivity contribution < 1.29 is 4.79 Å². The van der Waals surface area contributed by atoms with Crippen molar-refractivity contribution in [1.29, 1.82) is 0 Å². The number of aryl methyl sites for hydroxylation is 1. The standard InChI is InChI=1S/C15H18N6O/c22-15(5-3-9-21-12-16-11-18-21)17-7-6-13-10-20-8-2-1-4-14(20)19-13/h1-2,4,8,10-12H,3,5-7,9H2,(H,17,22). The number of hydrogen-bond acceptors (Lipinski definition) is 4. The summed E-state index contributed by atoms with van der Waals surface area (Å²) >= 11 is 0. The highest BCUT2D eigenvalue weighted by molar-refractivity contribution is 5.75.